The molecule has 0 saturated carbocycles. The molecule has 0 unspecified atom stereocenters. The molecule has 3 heterocycles. The molecular formula is C21H26ClN5O2S. The largest absolute Gasteiger partial charge is 0.376 e. The molecule has 1 atom stereocenters. The highest BCUT2D eigenvalue weighted by molar-refractivity contribution is 7.99. The molecule has 1 N–H and O–H groups in total. The summed E-state index contributed by atoms with van der Waals surface area (Å²) < 4.78 is 5.52. The maximum absolute atomic E-state index is 12.0. The summed E-state index contributed by atoms with van der Waals surface area (Å²) in [4.78, 5) is 16.6. The zero-order valence-electron chi connectivity index (χ0n) is 16.8. The molecule has 1 aromatic carbocycles. The number of amides is 1. The van der Waals surface area contributed by atoms with E-state index in [9.17, 15) is 4.79 Å². The van der Waals surface area contributed by atoms with Gasteiger partial charge in [-0.05, 0) is 43.2 Å². The summed E-state index contributed by atoms with van der Waals surface area (Å²) in [6.07, 6.45) is 2.26. The monoisotopic (exact) mass is 447 g/mol. The van der Waals surface area contributed by atoms with Gasteiger partial charge in [0, 0.05) is 50.0 Å². The third kappa shape index (κ3) is 5.77. The van der Waals surface area contributed by atoms with Gasteiger partial charge in [-0.1, -0.05) is 29.4 Å². The summed E-state index contributed by atoms with van der Waals surface area (Å²) in [6, 6.07) is 11.9. The molecule has 0 radical (unpaired) electrons. The molecule has 2 aliphatic rings. The number of nitrogens with one attached hydrogen (secondary N) is 1. The summed E-state index contributed by atoms with van der Waals surface area (Å²) in [5.74, 6) is 1.20. The molecule has 30 heavy (non-hydrogen) atoms. The molecule has 4 rings (SSSR count). The molecule has 2 fully saturated rings. The highest BCUT2D eigenvalue weighted by Gasteiger charge is 2.19. The maximum Gasteiger partial charge on any atom is 0.230 e. The number of carbonyl (C=O) groups excluding carboxylic acids is 1. The minimum absolute atomic E-state index is 0.00138. The fraction of sp³-hybridized carbons (Fsp3) is 0.476. The standard InChI is InChI=1S/C21H26ClN5O2S/c22-16-3-1-4-17(13-16)26-8-10-27(11-9-26)19-6-7-21(25-24-19)30-15-20(28)23-14-18-5-2-12-29-18/h1,3-4,6-7,13,18H,2,5,8-12,14-15H2,(H,23,28)/t18-/m0/s1. The summed E-state index contributed by atoms with van der Waals surface area (Å²) in [7, 11) is 0. The topological polar surface area (TPSA) is 70.6 Å². The smallest absolute Gasteiger partial charge is 0.230 e. The highest BCUT2D eigenvalue weighted by Crippen LogP contribution is 2.23. The Morgan fingerprint density at radius 2 is 2.00 bits per heavy atom. The van der Waals surface area contributed by atoms with E-state index in [1.54, 1.807) is 0 Å². The van der Waals surface area contributed by atoms with Gasteiger partial charge >= 0.3 is 0 Å². The Hall–Kier alpha value is -2.03. The van der Waals surface area contributed by atoms with E-state index in [1.165, 1.54) is 11.8 Å². The zero-order valence-corrected chi connectivity index (χ0v) is 18.4. The van der Waals surface area contributed by atoms with Gasteiger partial charge in [0.05, 0.1) is 11.9 Å². The molecule has 9 heteroatoms. The predicted molar refractivity (Wildman–Crippen MR) is 121 cm³/mol. The average molecular weight is 448 g/mol. The van der Waals surface area contributed by atoms with Crippen molar-refractivity contribution in [3.05, 3.63) is 41.4 Å². The number of benzene rings is 1. The molecular weight excluding hydrogens is 422 g/mol. The maximum atomic E-state index is 12.0. The number of carbonyl (C=O) groups is 1. The minimum atomic E-state index is -0.00138. The Balaban J connectivity index is 1.21. The van der Waals surface area contributed by atoms with Crippen LogP contribution >= 0.6 is 23.4 Å². The fourth-order valence-electron chi connectivity index (χ4n) is 3.65. The molecule has 2 saturated heterocycles. The quantitative estimate of drug-likeness (QED) is 0.654. The van der Waals surface area contributed by atoms with Gasteiger partial charge in [-0.15, -0.1) is 10.2 Å². The van der Waals surface area contributed by atoms with Crippen molar-refractivity contribution < 1.29 is 9.53 Å². The number of ether oxygens (including phenoxy) is 1. The van der Waals surface area contributed by atoms with Crippen molar-refractivity contribution in [3.8, 4) is 0 Å². The predicted octanol–water partition coefficient (Wildman–Crippen LogP) is 2.84. The number of piperazine rings is 1. The van der Waals surface area contributed by atoms with Crippen molar-refractivity contribution in [2.45, 2.75) is 24.0 Å². The van der Waals surface area contributed by atoms with Crippen molar-refractivity contribution in [3.63, 3.8) is 0 Å². The van der Waals surface area contributed by atoms with Crippen LogP contribution < -0.4 is 15.1 Å². The van der Waals surface area contributed by atoms with Crippen molar-refractivity contribution >= 4 is 40.8 Å². The molecule has 2 aromatic rings. The lowest BCUT2D eigenvalue weighted by molar-refractivity contribution is -0.119. The van der Waals surface area contributed by atoms with E-state index in [0.717, 1.165) is 67.2 Å². The lowest BCUT2D eigenvalue weighted by Crippen LogP contribution is -2.46. The molecule has 1 aromatic heterocycles. The van der Waals surface area contributed by atoms with Crippen LogP contribution in [0.15, 0.2) is 41.4 Å². The van der Waals surface area contributed by atoms with Crippen LogP contribution in [0, 0.1) is 0 Å². The van der Waals surface area contributed by atoms with Gasteiger partial charge < -0.3 is 19.9 Å². The van der Waals surface area contributed by atoms with Gasteiger partial charge in [-0.3, -0.25) is 4.79 Å². The third-order valence-electron chi connectivity index (χ3n) is 5.31. The Labute approximate surface area is 186 Å². The van der Waals surface area contributed by atoms with E-state index in [2.05, 4.69) is 31.4 Å². The Morgan fingerprint density at radius 3 is 2.70 bits per heavy atom. The van der Waals surface area contributed by atoms with Crippen LogP contribution in [0.25, 0.3) is 0 Å². The first-order valence-corrected chi connectivity index (χ1v) is 11.6. The van der Waals surface area contributed by atoms with Crippen LogP contribution in [-0.4, -0.2) is 67.3 Å². The molecule has 0 spiro atoms. The molecule has 1 amide bonds. The minimum Gasteiger partial charge on any atom is -0.376 e. The molecule has 7 nitrogen and oxygen atoms in total. The van der Waals surface area contributed by atoms with Crippen LogP contribution in [0.2, 0.25) is 5.02 Å². The Bertz CT molecular complexity index is 840. The summed E-state index contributed by atoms with van der Waals surface area (Å²) in [5, 5.41) is 13.1. The number of hydrogen-bond donors (Lipinski definition) is 1. The van der Waals surface area contributed by atoms with Crippen molar-refractivity contribution in [1.82, 2.24) is 15.5 Å². The fourth-order valence-corrected chi connectivity index (χ4v) is 4.48. The summed E-state index contributed by atoms with van der Waals surface area (Å²) in [5.41, 5.74) is 1.15. The third-order valence-corrected chi connectivity index (χ3v) is 6.46. The second-order valence-corrected chi connectivity index (χ2v) is 8.84. The molecule has 0 aliphatic carbocycles. The van der Waals surface area contributed by atoms with Crippen LogP contribution in [0.3, 0.4) is 0 Å². The van der Waals surface area contributed by atoms with Gasteiger partial charge in [0.1, 0.15) is 5.03 Å². The van der Waals surface area contributed by atoms with E-state index in [-0.39, 0.29) is 12.0 Å². The molecule has 160 valence electrons. The summed E-state index contributed by atoms with van der Waals surface area (Å²) in [6.45, 7) is 4.95. The summed E-state index contributed by atoms with van der Waals surface area (Å²) >= 11 is 7.51. The number of nitrogens with zero attached hydrogens (tertiary/aromatic N) is 4. The van der Waals surface area contributed by atoms with Gasteiger partial charge in [0.25, 0.3) is 0 Å². The van der Waals surface area contributed by atoms with Crippen molar-refractivity contribution in [2.24, 2.45) is 0 Å². The van der Waals surface area contributed by atoms with Crippen LogP contribution in [0.5, 0.6) is 0 Å². The molecule has 2 aliphatic heterocycles. The first-order valence-electron chi connectivity index (χ1n) is 10.3. The lowest BCUT2D eigenvalue weighted by Gasteiger charge is -2.36. The van der Waals surface area contributed by atoms with E-state index >= 15 is 0 Å². The van der Waals surface area contributed by atoms with Gasteiger partial charge in [0.2, 0.25) is 5.91 Å². The molecule has 0 bridgehead atoms. The van der Waals surface area contributed by atoms with E-state index in [4.69, 9.17) is 16.3 Å². The van der Waals surface area contributed by atoms with Crippen LogP contribution in [-0.2, 0) is 9.53 Å². The Morgan fingerprint density at radius 1 is 1.17 bits per heavy atom. The van der Waals surface area contributed by atoms with Gasteiger partial charge in [-0.25, -0.2) is 0 Å². The van der Waals surface area contributed by atoms with Crippen LogP contribution in [0.1, 0.15) is 12.8 Å². The van der Waals surface area contributed by atoms with Crippen LogP contribution in [0.4, 0.5) is 11.5 Å². The second kappa shape index (κ2) is 10.3. The first kappa shape index (κ1) is 21.2. The van der Waals surface area contributed by atoms with Gasteiger partial charge in [-0.2, -0.15) is 0 Å². The number of thioether (sulfide) groups is 1. The van der Waals surface area contributed by atoms with E-state index in [0.29, 0.717) is 12.3 Å². The number of aromatic nitrogens is 2. The normalized spacial score (nSPS) is 19.2. The number of rotatable bonds is 7. The SMILES string of the molecule is O=C(CSc1ccc(N2CCN(c3cccc(Cl)c3)CC2)nn1)NC[C@@H]1CCCO1. The van der Waals surface area contributed by atoms with E-state index < -0.39 is 0 Å². The zero-order chi connectivity index (χ0) is 20.8. The van der Waals surface area contributed by atoms with Gasteiger partial charge in [0.15, 0.2) is 5.82 Å². The second-order valence-electron chi connectivity index (χ2n) is 7.41. The van der Waals surface area contributed by atoms with Crippen molar-refractivity contribution in [2.75, 3.05) is 54.9 Å². The van der Waals surface area contributed by atoms with Crippen molar-refractivity contribution in [1.29, 1.82) is 0 Å². The lowest BCUT2D eigenvalue weighted by atomic mass is 10.2. The number of hydrogen-bond acceptors (Lipinski definition) is 7. The highest BCUT2D eigenvalue weighted by atomic mass is 35.5. The van der Waals surface area contributed by atoms with E-state index in [1.807, 2.05) is 30.3 Å². The number of anilines is 2. The Kier molecular flexibility index (Phi) is 7.30. The average Bonchev–Trinajstić information content (AvgIpc) is 3.31. The number of halogens is 1. The first-order chi connectivity index (χ1) is 14.7.